The van der Waals surface area contributed by atoms with Gasteiger partial charge >= 0.3 is 6.18 Å². The Labute approximate surface area is 177 Å². The molecule has 0 amide bonds. The molecule has 0 atom stereocenters. The Morgan fingerprint density at radius 1 is 1.14 bits per heavy atom. The Balaban J connectivity index is 2.24. The van der Waals surface area contributed by atoms with Crippen LogP contribution in [0.2, 0.25) is 15.2 Å². The molecule has 0 spiro atoms. The molecule has 148 valence electrons. The zero-order valence-corrected chi connectivity index (χ0v) is 16.6. The molecule has 1 aromatic carbocycles. The van der Waals surface area contributed by atoms with Gasteiger partial charge in [0.25, 0.3) is 0 Å². The predicted molar refractivity (Wildman–Crippen MR) is 100.0 cm³/mol. The highest BCUT2D eigenvalue weighted by atomic mass is 35.5. The number of aromatic amines is 1. The number of rotatable bonds is 3. The molecule has 0 aliphatic carbocycles. The zero-order chi connectivity index (χ0) is 21.5. The fourth-order valence-electron chi connectivity index (χ4n) is 2.65. The molecule has 0 aliphatic rings. The predicted octanol–water partition coefficient (Wildman–Crippen LogP) is 5.55. The van der Waals surface area contributed by atoms with Gasteiger partial charge < -0.3 is 4.98 Å². The van der Waals surface area contributed by atoms with Crippen molar-refractivity contribution in [2.45, 2.75) is 19.5 Å². The van der Waals surface area contributed by atoms with E-state index in [0.29, 0.717) is 12.1 Å². The van der Waals surface area contributed by atoms with E-state index >= 15 is 0 Å². The van der Waals surface area contributed by atoms with E-state index in [0.717, 1.165) is 16.8 Å². The van der Waals surface area contributed by atoms with E-state index in [1.807, 2.05) is 6.07 Å². The summed E-state index contributed by atoms with van der Waals surface area (Å²) < 4.78 is 40.0. The average Bonchev–Trinajstić information content (AvgIpc) is 3.20. The average molecular weight is 460 g/mol. The number of hydrogen-bond acceptors (Lipinski definition) is 4. The number of alkyl halides is 3. The summed E-state index contributed by atoms with van der Waals surface area (Å²) in [6.07, 6.45) is -4.27. The number of benzene rings is 1. The second-order valence-corrected chi connectivity index (χ2v) is 6.87. The van der Waals surface area contributed by atoms with E-state index in [1.165, 1.54) is 0 Å². The maximum absolute atomic E-state index is 13.0. The van der Waals surface area contributed by atoms with Gasteiger partial charge in [0.2, 0.25) is 0 Å². The van der Waals surface area contributed by atoms with Crippen LogP contribution in [0.15, 0.2) is 12.1 Å². The Hall–Kier alpha value is -2.72. The second kappa shape index (κ2) is 7.60. The summed E-state index contributed by atoms with van der Waals surface area (Å²) in [5.41, 5.74) is -0.555. The maximum atomic E-state index is 13.0. The molecule has 0 unspecified atom stereocenters. The van der Waals surface area contributed by atoms with Gasteiger partial charge in [0, 0.05) is 0 Å². The minimum Gasteiger partial charge on any atom is -0.328 e. The van der Waals surface area contributed by atoms with Crippen molar-refractivity contribution >= 4 is 34.8 Å². The summed E-state index contributed by atoms with van der Waals surface area (Å²) >= 11 is 18.6. The number of H-pyrrole nitrogens is 1. The summed E-state index contributed by atoms with van der Waals surface area (Å²) in [5.74, 6) is 0.116. The molecule has 0 aliphatic heterocycles. The second-order valence-electron chi connectivity index (χ2n) is 5.70. The van der Waals surface area contributed by atoms with E-state index in [1.54, 1.807) is 13.0 Å². The van der Waals surface area contributed by atoms with Crippen molar-refractivity contribution in [1.82, 2.24) is 19.7 Å². The van der Waals surface area contributed by atoms with Gasteiger partial charge in [0.15, 0.2) is 11.4 Å². The Morgan fingerprint density at radius 3 is 2.21 bits per heavy atom. The quantitative estimate of drug-likeness (QED) is 0.556. The first kappa shape index (κ1) is 21.0. The first-order valence-corrected chi connectivity index (χ1v) is 9.00. The fraction of sp³-hybridized carbons (Fsp3) is 0.176. The van der Waals surface area contributed by atoms with E-state index in [9.17, 15) is 13.2 Å². The highest BCUT2D eigenvalue weighted by Crippen LogP contribution is 2.40. The van der Waals surface area contributed by atoms with Crippen molar-refractivity contribution < 1.29 is 13.2 Å². The van der Waals surface area contributed by atoms with E-state index in [2.05, 4.69) is 15.1 Å². The van der Waals surface area contributed by atoms with Crippen molar-refractivity contribution in [2.75, 3.05) is 0 Å². The van der Waals surface area contributed by atoms with Crippen molar-refractivity contribution in [1.29, 1.82) is 10.5 Å². The van der Waals surface area contributed by atoms with E-state index < -0.39 is 11.7 Å². The molecule has 12 heteroatoms. The summed E-state index contributed by atoms with van der Waals surface area (Å²) in [4.78, 5) is 6.74. The lowest BCUT2D eigenvalue weighted by Crippen LogP contribution is -2.07. The van der Waals surface area contributed by atoms with Crippen LogP contribution in [-0.4, -0.2) is 19.7 Å². The lowest BCUT2D eigenvalue weighted by molar-refractivity contribution is -0.137. The van der Waals surface area contributed by atoms with Gasteiger partial charge in [-0.05, 0) is 18.6 Å². The number of aryl methyl sites for hydroxylation is 1. The molecule has 1 N–H and O–H groups in total. The topological polar surface area (TPSA) is 94.1 Å². The summed E-state index contributed by atoms with van der Waals surface area (Å²) in [6, 6.07) is 5.04. The molecular weight excluding hydrogens is 452 g/mol. The number of imidazole rings is 1. The van der Waals surface area contributed by atoms with Crippen LogP contribution in [0.5, 0.6) is 0 Å². The Kier molecular flexibility index (Phi) is 5.50. The Morgan fingerprint density at radius 2 is 1.76 bits per heavy atom. The zero-order valence-electron chi connectivity index (χ0n) is 14.4. The summed E-state index contributed by atoms with van der Waals surface area (Å²) in [6.45, 7) is 1.77. The van der Waals surface area contributed by atoms with Gasteiger partial charge in [0.1, 0.15) is 28.8 Å². The number of halogens is 6. The lowest BCUT2D eigenvalue weighted by atomic mass is 10.2. The molecule has 0 radical (unpaired) electrons. The molecular formula is C17H8Cl3F3N6. The van der Waals surface area contributed by atoms with Crippen LogP contribution < -0.4 is 0 Å². The van der Waals surface area contributed by atoms with Crippen LogP contribution in [-0.2, 0) is 12.6 Å². The smallest absolute Gasteiger partial charge is 0.328 e. The van der Waals surface area contributed by atoms with Crippen molar-refractivity contribution in [3.05, 3.63) is 50.0 Å². The van der Waals surface area contributed by atoms with Gasteiger partial charge in [-0.15, -0.1) is 0 Å². The van der Waals surface area contributed by atoms with Crippen LogP contribution in [0.1, 0.15) is 29.6 Å². The molecule has 0 saturated carbocycles. The minimum absolute atomic E-state index is 0.0418. The number of nitrogens with zero attached hydrogens (tertiary/aromatic N) is 5. The first-order valence-electron chi connectivity index (χ1n) is 7.86. The van der Waals surface area contributed by atoms with Crippen LogP contribution in [0.4, 0.5) is 13.2 Å². The largest absolute Gasteiger partial charge is 0.416 e. The van der Waals surface area contributed by atoms with E-state index in [-0.39, 0.29) is 43.7 Å². The molecule has 0 fully saturated rings. The molecule has 6 nitrogen and oxygen atoms in total. The maximum Gasteiger partial charge on any atom is 0.416 e. The first-order chi connectivity index (χ1) is 13.6. The highest BCUT2D eigenvalue weighted by molar-refractivity contribution is 6.38. The van der Waals surface area contributed by atoms with Crippen LogP contribution >= 0.6 is 34.8 Å². The van der Waals surface area contributed by atoms with Crippen LogP contribution in [0.3, 0.4) is 0 Å². The standard InChI is InChI=1S/C17H8Cl3F3N6/c1-2-10-13(16-26-11(5-24)12(6-25)27-16)15(20)29(28-10)14-8(18)3-7(4-9(14)19)17(21,22)23/h3-4H,2H2,1H3,(H,26,27). The van der Waals surface area contributed by atoms with Gasteiger partial charge in [-0.1, -0.05) is 41.7 Å². The molecule has 29 heavy (non-hydrogen) atoms. The summed E-state index contributed by atoms with van der Waals surface area (Å²) in [7, 11) is 0. The fourth-order valence-corrected chi connectivity index (χ4v) is 3.62. The number of nitrogens with one attached hydrogen (secondary N) is 1. The third-order valence-electron chi connectivity index (χ3n) is 3.95. The lowest BCUT2D eigenvalue weighted by Gasteiger charge is -2.13. The minimum atomic E-state index is -4.63. The van der Waals surface area contributed by atoms with Gasteiger partial charge in [-0.2, -0.15) is 28.8 Å². The third-order valence-corrected chi connectivity index (χ3v) is 4.88. The molecule has 3 aromatic rings. The molecule has 2 heterocycles. The third kappa shape index (κ3) is 3.65. The molecule has 3 rings (SSSR count). The van der Waals surface area contributed by atoms with Crippen LogP contribution in [0.25, 0.3) is 17.1 Å². The molecule has 2 aromatic heterocycles. The molecule has 0 bridgehead atoms. The van der Waals surface area contributed by atoms with Crippen LogP contribution in [0, 0.1) is 22.7 Å². The number of nitriles is 2. The van der Waals surface area contributed by atoms with Gasteiger partial charge in [-0.3, -0.25) is 0 Å². The van der Waals surface area contributed by atoms with Crippen molar-refractivity contribution in [2.24, 2.45) is 0 Å². The normalized spacial score (nSPS) is 11.3. The van der Waals surface area contributed by atoms with Gasteiger partial charge in [0.05, 0.1) is 26.9 Å². The van der Waals surface area contributed by atoms with E-state index in [4.69, 9.17) is 45.3 Å². The number of hydrogen-bond donors (Lipinski definition) is 1. The number of aromatic nitrogens is 4. The van der Waals surface area contributed by atoms with Gasteiger partial charge in [-0.25, -0.2) is 9.67 Å². The highest BCUT2D eigenvalue weighted by Gasteiger charge is 2.33. The van der Waals surface area contributed by atoms with Crippen molar-refractivity contribution in [3.63, 3.8) is 0 Å². The molecule has 0 saturated heterocycles. The summed E-state index contributed by atoms with van der Waals surface area (Å²) in [5, 5.41) is 21.8. The Bertz CT molecular complexity index is 1140. The van der Waals surface area contributed by atoms with Crippen molar-refractivity contribution in [3.8, 4) is 29.2 Å². The monoisotopic (exact) mass is 458 g/mol. The SMILES string of the molecule is CCc1nn(-c2c(Cl)cc(C(F)(F)F)cc2Cl)c(Cl)c1-c1nc(C#N)c(C#N)[nH]1.